The van der Waals surface area contributed by atoms with Crippen LogP contribution in [-0.2, 0) is 4.74 Å². The molecule has 0 radical (unpaired) electrons. The topological polar surface area (TPSA) is 37.0 Å². The number of piperazine rings is 1. The summed E-state index contributed by atoms with van der Waals surface area (Å²) < 4.78 is 10.5. The van der Waals surface area contributed by atoms with E-state index in [2.05, 4.69) is 27.2 Å². The maximum atomic E-state index is 5.34. The minimum absolute atomic E-state index is 0.456. The molecule has 1 aromatic rings. The molecule has 1 aliphatic rings. The molecule has 5 heteroatoms. The number of anilines is 1. The number of hydrogen-bond acceptors (Lipinski definition) is 5. The van der Waals surface area contributed by atoms with E-state index < -0.39 is 0 Å². The summed E-state index contributed by atoms with van der Waals surface area (Å²) >= 11 is 0. The molecule has 1 N–H and O–H groups in total. The number of ether oxygens (including phenoxy) is 2. The van der Waals surface area contributed by atoms with Gasteiger partial charge in [0.2, 0.25) is 0 Å². The molecule has 2 rings (SSSR count). The molecular weight excluding hydrogens is 266 g/mol. The highest BCUT2D eigenvalue weighted by Crippen LogP contribution is 2.21. The molecule has 1 saturated heterocycles. The maximum absolute atomic E-state index is 5.34. The number of hydrogen-bond donors (Lipinski definition) is 1. The van der Waals surface area contributed by atoms with E-state index in [0.717, 1.165) is 45.1 Å². The highest BCUT2D eigenvalue weighted by molar-refractivity contribution is 5.49. The van der Waals surface area contributed by atoms with Gasteiger partial charge in [0.05, 0.1) is 13.7 Å². The van der Waals surface area contributed by atoms with Crippen molar-refractivity contribution in [2.24, 2.45) is 0 Å². The summed E-state index contributed by atoms with van der Waals surface area (Å²) in [5.41, 5.74) is 1.27. The molecule has 1 heterocycles. The number of nitrogens with one attached hydrogen (secondary N) is 1. The Labute approximate surface area is 127 Å². The van der Waals surface area contributed by atoms with Gasteiger partial charge in [-0.2, -0.15) is 0 Å². The predicted molar refractivity (Wildman–Crippen MR) is 86.4 cm³/mol. The molecule has 0 aromatic heterocycles. The van der Waals surface area contributed by atoms with Crippen LogP contribution in [0.3, 0.4) is 0 Å². The lowest BCUT2D eigenvalue weighted by molar-refractivity contribution is 0.0862. The van der Waals surface area contributed by atoms with Gasteiger partial charge in [0.25, 0.3) is 0 Å². The fourth-order valence-corrected chi connectivity index (χ4v) is 2.86. The van der Waals surface area contributed by atoms with Crippen molar-refractivity contribution in [2.45, 2.75) is 6.04 Å². The van der Waals surface area contributed by atoms with E-state index >= 15 is 0 Å². The zero-order chi connectivity index (χ0) is 15.1. The Hall–Kier alpha value is -1.30. The van der Waals surface area contributed by atoms with Gasteiger partial charge in [-0.3, -0.25) is 4.90 Å². The van der Waals surface area contributed by atoms with Gasteiger partial charge in [0, 0.05) is 51.6 Å². The second kappa shape index (κ2) is 8.22. The van der Waals surface area contributed by atoms with Crippen LogP contribution in [-0.4, -0.2) is 71.5 Å². The summed E-state index contributed by atoms with van der Waals surface area (Å²) in [7, 11) is 5.47. The van der Waals surface area contributed by atoms with E-state index in [-0.39, 0.29) is 0 Å². The monoisotopic (exact) mass is 293 g/mol. The third kappa shape index (κ3) is 4.33. The highest BCUT2D eigenvalue weighted by atomic mass is 16.5. The minimum atomic E-state index is 0.456. The van der Waals surface area contributed by atoms with Crippen LogP contribution in [0.5, 0.6) is 5.75 Å². The molecule has 0 saturated carbocycles. The molecule has 1 fully saturated rings. The van der Waals surface area contributed by atoms with Crippen LogP contribution in [0.1, 0.15) is 0 Å². The van der Waals surface area contributed by atoms with Crippen molar-refractivity contribution in [3.8, 4) is 5.75 Å². The Morgan fingerprint density at radius 2 is 1.76 bits per heavy atom. The maximum Gasteiger partial charge on any atom is 0.119 e. The largest absolute Gasteiger partial charge is 0.497 e. The van der Waals surface area contributed by atoms with Crippen molar-refractivity contribution in [3.63, 3.8) is 0 Å². The standard InChI is InChI=1S/C16H27N3O2/c1-17-12-15(13-20-2)19-10-8-18(9-11-19)14-4-6-16(21-3)7-5-14/h4-7,15,17H,8-13H2,1-3H3. The van der Waals surface area contributed by atoms with E-state index in [1.54, 1.807) is 14.2 Å². The molecule has 0 bridgehead atoms. The number of methoxy groups -OCH3 is 2. The Morgan fingerprint density at radius 1 is 1.10 bits per heavy atom. The zero-order valence-electron chi connectivity index (χ0n) is 13.3. The number of likely N-dealkylation sites (N-methyl/N-ethyl adjacent to an activating group) is 1. The first-order chi connectivity index (χ1) is 10.3. The van der Waals surface area contributed by atoms with Gasteiger partial charge in [0.1, 0.15) is 5.75 Å². The third-order valence-electron chi connectivity index (χ3n) is 4.07. The van der Waals surface area contributed by atoms with Gasteiger partial charge in [-0.25, -0.2) is 0 Å². The Balaban J connectivity index is 1.89. The van der Waals surface area contributed by atoms with E-state index in [0.29, 0.717) is 6.04 Å². The lowest BCUT2D eigenvalue weighted by Crippen LogP contribution is -2.54. The van der Waals surface area contributed by atoms with Crippen molar-refractivity contribution in [1.29, 1.82) is 0 Å². The molecule has 0 aliphatic carbocycles. The van der Waals surface area contributed by atoms with E-state index in [4.69, 9.17) is 9.47 Å². The van der Waals surface area contributed by atoms with Gasteiger partial charge in [-0.15, -0.1) is 0 Å². The second-order valence-corrected chi connectivity index (χ2v) is 5.39. The lowest BCUT2D eigenvalue weighted by Gasteiger charge is -2.40. The normalized spacial score (nSPS) is 17.8. The molecule has 1 atom stereocenters. The first kappa shape index (κ1) is 16.1. The summed E-state index contributed by atoms with van der Waals surface area (Å²) in [5.74, 6) is 0.909. The average molecular weight is 293 g/mol. The van der Waals surface area contributed by atoms with Crippen molar-refractivity contribution < 1.29 is 9.47 Å². The fourth-order valence-electron chi connectivity index (χ4n) is 2.86. The van der Waals surface area contributed by atoms with Crippen LogP contribution in [0.2, 0.25) is 0 Å². The molecular formula is C16H27N3O2. The molecule has 0 amide bonds. The van der Waals surface area contributed by atoms with Crippen LogP contribution >= 0.6 is 0 Å². The summed E-state index contributed by atoms with van der Waals surface area (Å²) in [6, 6.07) is 8.77. The Kier molecular flexibility index (Phi) is 6.29. The molecule has 1 aliphatic heterocycles. The van der Waals surface area contributed by atoms with Crippen LogP contribution in [0.15, 0.2) is 24.3 Å². The fraction of sp³-hybridized carbons (Fsp3) is 0.625. The van der Waals surface area contributed by atoms with Crippen molar-refractivity contribution >= 4 is 5.69 Å². The summed E-state index contributed by atoms with van der Waals surface area (Å²) in [6.45, 7) is 6.00. The van der Waals surface area contributed by atoms with Crippen LogP contribution in [0.25, 0.3) is 0 Å². The van der Waals surface area contributed by atoms with Gasteiger partial charge < -0.3 is 19.7 Å². The molecule has 0 spiro atoms. The highest BCUT2D eigenvalue weighted by Gasteiger charge is 2.23. The predicted octanol–water partition coefficient (Wildman–Crippen LogP) is 1.05. The van der Waals surface area contributed by atoms with Crippen molar-refractivity contribution in [3.05, 3.63) is 24.3 Å². The van der Waals surface area contributed by atoms with Crippen LogP contribution in [0.4, 0.5) is 5.69 Å². The van der Waals surface area contributed by atoms with E-state index in [9.17, 15) is 0 Å². The smallest absolute Gasteiger partial charge is 0.119 e. The Morgan fingerprint density at radius 3 is 2.29 bits per heavy atom. The number of benzene rings is 1. The second-order valence-electron chi connectivity index (χ2n) is 5.39. The van der Waals surface area contributed by atoms with Gasteiger partial charge in [-0.05, 0) is 31.3 Å². The third-order valence-corrected chi connectivity index (χ3v) is 4.07. The summed E-state index contributed by atoms with van der Waals surface area (Å²) in [6.07, 6.45) is 0. The number of rotatable bonds is 7. The van der Waals surface area contributed by atoms with Gasteiger partial charge >= 0.3 is 0 Å². The zero-order valence-corrected chi connectivity index (χ0v) is 13.3. The van der Waals surface area contributed by atoms with E-state index in [1.165, 1.54) is 5.69 Å². The first-order valence-electron chi connectivity index (χ1n) is 7.55. The SMILES string of the molecule is CNCC(COC)N1CCN(c2ccc(OC)cc2)CC1. The van der Waals surface area contributed by atoms with Crippen LogP contribution in [0, 0.1) is 0 Å². The first-order valence-corrected chi connectivity index (χ1v) is 7.55. The molecule has 21 heavy (non-hydrogen) atoms. The quantitative estimate of drug-likeness (QED) is 0.813. The van der Waals surface area contributed by atoms with Crippen LogP contribution < -0.4 is 15.0 Å². The van der Waals surface area contributed by atoms with E-state index in [1.807, 2.05) is 19.2 Å². The van der Waals surface area contributed by atoms with Gasteiger partial charge in [-0.1, -0.05) is 0 Å². The Bertz CT molecular complexity index is 396. The lowest BCUT2D eigenvalue weighted by atomic mass is 10.2. The van der Waals surface area contributed by atoms with Crippen molar-refractivity contribution in [2.75, 3.05) is 65.5 Å². The number of nitrogens with zero attached hydrogens (tertiary/aromatic N) is 2. The van der Waals surface area contributed by atoms with Crippen molar-refractivity contribution in [1.82, 2.24) is 10.2 Å². The minimum Gasteiger partial charge on any atom is -0.497 e. The molecule has 5 nitrogen and oxygen atoms in total. The average Bonchev–Trinajstić information content (AvgIpc) is 2.55. The van der Waals surface area contributed by atoms with Gasteiger partial charge in [0.15, 0.2) is 0 Å². The molecule has 1 unspecified atom stereocenters. The molecule has 118 valence electrons. The molecule has 1 aromatic carbocycles. The summed E-state index contributed by atoms with van der Waals surface area (Å²) in [4.78, 5) is 4.94. The summed E-state index contributed by atoms with van der Waals surface area (Å²) in [5, 5.41) is 3.26.